The van der Waals surface area contributed by atoms with E-state index in [9.17, 15) is 18.0 Å². The summed E-state index contributed by atoms with van der Waals surface area (Å²) >= 11 is 0. The first-order valence-corrected chi connectivity index (χ1v) is 7.90. The van der Waals surface area contributed by atoms with E-state index in [0.29, 0.717) is 29.8 Å². The number of nitrogens with zero attached hydrogens (tertiary/aromatic N) is 2. The lowest BCUT2D eigenvalue weighted by atomic mass is 9.75. The molecule has 0 unspecified atom stereocenters. The standard InChI is InChI=1S/C18H18F3N3O/c1-10-15-13(8-17(2,3)9-14(15)25)24-16(22-10)23-12-6-4-5-11(7-12)18(19,20)21/h4-7H,8-9H2,1-3H3,(H,22,23,24). The van der Waals surface area contributed by atoms with Gasteiger partial charge in [0.05, 0.1) is 22.5 Å². The van der Waals surface area contributed by atoms with Crippen molar-refractivity contribution < 1.29 is 18.0 Å². The maximum Gasteiger partial charge on any atom is 0.416 e. The van der Waals surface area contributed by atoms with Crippen LogP contribution in [0.15, 0.2) is 24.3 Å². The Morgan fingerprint density at radius 2 is 1.88 bits per heavy atom. The van der Waals surface area contributed by atoms with Crippen molar-refractivity contribution in [2.75, 3.05) is 5.32 Å². The molecule has 25 heavy (non-hydrogen) atoms. The molecule has 0 fully saturated rings. The van der Waals surface area contributed by atoms with Gasteiger partial charge >= 0.3 is 6.18 Å². The summed E-state index contributed by atoms with van der Waals surface area (Å²) in [5, 5.41) is 2.82. The molecule has 0 spiro atoms. The zero-order chi connectivity index (χ0) is 18.4. The Kier molecular flexibility index (Phi) is 4.05. The third kappa shape index (κ3) is 3.65. The SMILES string of the molecule is Cc1nc(Nc2cccc(C(F)(F)F)c2)nc2c1C(=O)CC(C)(C)C2. The van der Waals surface area contributed by atoms with Gasteiger partial charge in [0.25, 0.3) is 0 Å². The number of nitrogens with one attached hydrogen (secondary N) is 1. The Bertz CT molecular complexity index is 844. The fourth-order valence-electron chi connectivity index (χ4n) is 3.12. The van der Waals surface area contributed by atoms with E-state index in [1.54, 1.807) is 6.92 Å². The van der Waals surface area contributed by atoms with Crippen LogP contribution in [-0.4, -0.2) is 15.8 Å². The summed E-state index contributed by atoms with van der Waals surface area (Å²) in [6, 6.07) is 4.85. The van der Waals surface area contributed by atoms with E-state index < -0.39 is 11.7 Å². The fourth-order valence-corrected chi connectivity index (χ4v) is 3.12. The molecule has 0 radical (unpaired) electrons. The van der Waals surface area contributed by atoms with E-state index in [4.69, 9.17) is 0 Å². The molecule has 4 nitrogen and oxygen atoms in total. The smallest absolute Gasteiger partial charge is 0.324 e. The molecular formula is C18H18F3N3O. The van der Waals surface area contributed by atoms with Crippen LogP contribution in [0.2, 0.25) is 0 Å². The van der Waals surface area contributed by atoms with Crippen molar-refractivity contribution in [2.24, 2.45) is 5.41 Å². The number of hydrogen-bond donors (Lipinski definition) is 1. The third-order valence-electron chi connectivity index (χ3n) is 4.17. The highest BCUT2D eigenvalue weighted by molar-refractivity contribution is 5.99. The van der Waals surface area contributed by atoms with Crippen LogP contribution in [0, 0.1) is 12.3 Å². The number of carbonyl (C=O) groups is 1. The highest BCUT2D eigenvalue weighted by Crippen LogP contribution is 2.35. The minimum Gasteiger partial charge on any atom is -0.324 e. The Morgan fingerprint density at radius 3 is 2.56 bits per heavy atom. The maximum atomic E-state index is 12.8. The van der Waals surface area contributed by atoms with Crippen LogP contribution in [0.25, 0.3) is 0 Å². The van der Waals surface area contributed by atoms with E-state index in [1.165, 1.54) is 12.1 Å². The quantitative estimate of drug-likeness (QED) is 0.854. The Morgan fingerprint density at radius 1 is 1.16 bits per heavy atom. The molecule has 1 N–H and O–H groups in total. The summed E-state index contributed by atoms with van der Waals surface area (Å²) in [6.45, 7) is 5.70. The van der Waals surface area contributed by atoms with Crippen molar-refractivity contribution in [3.63, 3.8) is 0 Å². The van der Waals surface area contributed by atoms with Gasteiger partial charge in [-0.3, -0.25) is 4.79 Å². The molecule has 0 saturated carbocycles. The van der Waals surface area contributed by atoms with Crippen LogP contribution in [0.1, 0.15) is 47.6 Å². The lowest BCUT2D eigenvalue weighted by molar-refractivity contribution is -0.137. The molecule has 1 aromatic carbocycles. The summed E-state index contributed by atoms with van der Waals surface area (Å²) in [5.41, 5.74) is 1.02. The van der Waals surface area contributed by atoms with Crippen molar-refractivity contribution >= 4 is 17.4 Å². The predicted molar refractivity (Wildman–Crippen MR) is 87.9 cm³/mol. The van der Waals surface area contributed by atoms with Gasteiger partial charge in [0.1, 0.15) is 0 Å². The number of carbonyl (C=O) groups excluding carboxylic acids is 1. The van der Waals surface area contributed by atoms with E-state index >= 15 is 0 Å². The van der Waals surface area contributed by atoms with Gasteiger partial charge in [-0.25, -0.2) is 9.97 Å². The molecule has 1 heterocycles. The van der Waals surface area contributed by atoms with E-state index in [1.807, 2.05) is 13.8 Å². The third-order valence-corrected chi connectivity index (χ3v) is 4.17. The Balaban J connectivity index is 1.95. The number of benzene rings is 1. The molecule has 0 amide bonds. The molecule has 0 bridgehead atoms. The van der Waals surface area contributed by atoms with Crippen LogP contribution < -0.4 is 5.32 Å². The number of anilines is 2. The molecule has 1 aromatic heterocycles. The molecule has 0 aliphatic heterocycles. The van der Waals surface area contributed by atoms with Gasteiger partial charge in [-0.15, -0.1) is 0 Å². The number of fused-ring (bicyclic) bond motifs is 1. The predicted octanol–water partition coefficient (Wildman–Crippen LogP) is 4.70. The number of aromatic nitrogens is 2. The summed E-state index contributed by atoms with van der Waals surface area (Å²) in [7, 11) is 0. The highest BCUT2D eigenvalue weighted by Gasteiger charge is 2.34. The van der Waals surface area contributed by atoms with E-state index in [-0.39, 0.29) is 22.8 Å². The molecule has 132 valence electrons. The van der Waals surface area contributed by atoms with Crippen LogP contribution in [-0.2, 0) is 12.6 Å². The zero-order valence-electron chi connectivity index (χ0n) is 14.2. The molecule has 0 atom stereocenters. The van der Waals surface area contributed by atoms with E-state index in [0.717, 1.165) is 12.1 Å². The van der Waals surface area contributed by atoms with Gasteiger partial charge in [0, 0.05) is 12.1 Å². The topological polar surface area (TPSA) is 54.9 Å². The van der Waals surface area contributed by atoms with Gasteiger partial charge < -0.3 is 5.32 Å². The van der Waals surface area contributed by atoms with Gasteiger partial charge in [-0.05, 0) is 37.0 Å². The average molecular weight is 349 g/mol. The number of aryl methyl sites for hydroxylation is 1. The molecule has 1 aliphatic carbocycles. The van der Waals surface area contributed by atoms with Crippen molar-refractivity contribution in [1.29, 1.82) is 0 Å². The molecule has 2 aromatic rings. The normalized spacial score (nSPS) is 16.5. The lowest BCUT2D eigenvalue weighted by Gasteiger charge is -2.30. The van der Waals surface area contributed by atoms with Crippen molar-refractivity contribution in [2.45, 2.75) is 39.8 Å². The summed E-state index contributed by atoms with van der Waals surface area (Å²) in [5.74, 6) is 0.204. The van der Waals surface area contributed by atoms with Crippen LogP contribution in [0.3, 0.4) is 0 Å². The molecule has 1 aliphatic rings. The zero-order valence-corrected chi connectivity index (χ0v) is 14.2. The van der Waals surface area contributed by atoms with Gasteiger partial charge in [-0.2, -0.15) is 13.2 Å². The number of ketones is 1. The number of hydrogen-bond acceptors (Lipinski definition) is 4. The Hall–Kier alpha value is -2.44. The maximum absolute atomic E-state index is 12.8. The van der Waals surface area contributed by atoms with Crippen LogP contribution in [0.4, 0.5) is 24.8 Å². The first-order chi connectivity index (χ1) is 11.5. The second kappa shape index (κ2) is 5.82. The highest BCUT2D eigenvalue weighted by atomic mass is 19.4. The second-order valence-electron chi connectivity index (χ2n) is 7.10. The molecule has 0 saturated heterocycles. The monoisotopic (exact) mass is 349 g/mol. The number of alkyl halides is 3. The first-order valence-electron chi connectivity index (χ1n) is 7.90. The summed E-state index contributed by atoms with van der Waals surface area (Å²) in [4.78, 5) is 21.0. The summed E-state index contributed by atoms with van der Waals surface area (Å²) < 4.78 is 38.5. The number of rotatable bonds is 2. The molecular weight excluding hydrogens is 331 g/mol. The Labute approximate surface area is 143 Å². The van der Waals surface area contributed by atoms with Gasteiger partial charge in [0.15, 0.2) is 5.78 Å². The number of Topliss-reactive ketones (excluding diaryl/α,β-unsaturated/α-hetero) is 1. The lowest BCUT2D eigenvalue weighted by Crippen LogP contribution is -2.29. The fraction of sp³-hybridized carbons (Fsp3) is 0.389. The van der Waals surface area contributed by atoms with Crippen LogP contribution in [0.5, 0.6) is 0 Å². The second-order valence-corrected chi connectivity index (χ2v) is 7.10. The molecule has 3 rings (SSSR count). The van der Waals surface area contributed by atoms with Crippen molar-refractivity contribution in [1.82, 2.24) is 9.97 Å². The summed E-state index contributed by atoms with van der Waals surface area (Å²) in [6.07, 6.45) is -3.36. The minimum atomic E-state index is -4.42. The van der Waals surface area contributed by atoms with Gasteiger partial charge in [-0.1, -0.05) is 19.9 Å². The molecule has 7 heteroatoms. The minimum absolute atomic E-state index is 0.00867. The average Bonchev–Trinajstić information content (AvgIpc) is 2.44. The first kappa shape index (κ1) is 17.4. The van der Waals surface area contributed by atoms with Crippen molar-refractivity contribution in [3.05, 3.63) is 46.8 Å². The van der Waals surface area contributed by atoms with E-state index in [2.05, 4.69) is 15.3 Å². The largest absolute Gasteiger partial charge is 0.416 e. The number of halogens is 3. The van der Waals surface area contributed by atoms with Gasteiger partial charge in [0.2, 0.25) is 5.95 Å². The van der Waals surface area contributed by atoms with Crippen LogP contribution >= 0.6 is 0 Å². The van der Waals surface area contributed by atoms with Crippen molar-refractivity contribution in [3.8, 4) is 0 Å².